The van der Waals surface area contributed by atoms with Crippen LogP contribution in [0.25, 0.3) is 11.3 Å². The molecule has 35 heavy (non-hydrogen) atoms. The number of carbonyl (C=O) groups excluding carboxylic acids is 1. The van der Waals surface area contributed by atoms with E-state index >= 15 is 0 Å². The van der Waals surface area contributed by atoms with Crippen molar-refractivity contribution in [3.63, 3.8) is 0 Å². The minimum atomic E-state index is -3.74. The number of amides is 1. The van der Waals surface area contributed by atoms with Crippen molar-refractivity contribution in [1.29, 1.82) is 0 Å². The van der Waals surface area contributed by atoms with Crippen LogP contribution in [0.15, 0.2) is 90.0 Å². The van der Waals surface area contributed by atoms with Crippen LogP contribution in [0.1, 0.15) is 29.0 Å². The second kappa shape index (κ2) is 9.38. The molecule has 0 unspecified atom stereocenters. The Hall–Kier alpha value is -3.91. The van der Waals surface area contributed by atoms with Crippen molar-refractivity contribution in [1.82, 2.24) is 9.55 Å². The van der Waals surface area contributed by atoms with Crippen molar-refractivity contribution < 1.29 is 13.2 Å². The number of nitrogens with zero attached hydrogens (tertiary/aromatic N) is 3. The van der Waals surface area contributed by atoms with E-state index in [1.54, 1.807) is 24.3 Å². The second-order valence-electron chi connectivity index (χ2n) is 8.56. The lowest BCUT2D eigenvalue weighted by Gasteiger charge is -2.19. The molecule has 7 nitrogen and oxygen atoms in total. The van der Waals surface area contributed by atoms with Crippen LogP contribution in [0.3, 0.4) is 0 Å². The summed E-state index contributed by atoms with van der Waals surface area (Å²) in [6, 6.07) is 22.4. The number of fused-ring (bicyclic) bond motifs is 1. The molecule has 178 valence electrons. The summed E-state index contributed by atoms with van der Waals surface area (Å²) in [5.74, 6) is 0.792. The fraction of sp³-hybridized carbons (Fsp3) is 0.185. The van der Waals surface area contributed by atoms with E-state index < -0.39 is 10.0 Å². The van der Waals surface area contributed by atoms with Crippen molar-refractivity contribution in [2.45, 2.75) is 30.7 Å². The molecule has 1 N–H and O–H groups in total. The fourth-order valence-electron chi connectivity index (χ4n) is 4.22. The van der Waals surface area contributed by atoms with Crippen LogP contribution >= 0.6 is 0 Å². The Morgan fingerprint density at radius 1 is 0.971 bits per heavy atom. The molecule has 0 atom stereocenters. The zero-order valence-electron chi connectivity index (χ0n) is 19.4. The highest BCUT2D eigenvalue weighted by atomic mass is 32.2. The smallest absolute Gasteiger partial charge is 0.264 e. The molecule has 1 aliphatic rings. The van der Waals surface area contributed by atoms with Gasteiger partial charge in [-0.15, -0.1) is 0 Å². The number of aromatic nitrogens is 2. The third-order valence-electron chi connectivity index (χ3n) is 6.22. The molecule has 3 aromatic carbocycles. The molecule has 0 spiro atoms. The van der Waals surface area contributed by atoms with Gasteiger partial charge < -0.3 is 9.88 Å². The Labute approximate surface area is 205 Å². The monoisotopic (exact) mass is 486 g/mol. The number of anilines is 2. The van der Waals surface area contributed by atoms with E-state index in [-0.39, 0.29) is 10.8 Å². The van der Waals surface area contributed by atoms with Crippen molar-refractivity contribution in [2.75, 3.05) is 16.7 Å². The third-order valence-corrected chi connectivity index (χ3v) is 8.02. The molecule has 1 amide bonds. The number of sulfonamides is 1. The van der Waals surface area contributed by atoms with Crippen molar-refractivity contribution in [3.05, 3.63) is 96.4 Å². The average Bonchev–Trinajstić information content (AvgIpc) is 3.33. The van der Waals surface area contributed by atoms with Gasteiger partial charge in [-0.3, -0.25) is 9.10 Å². The van der Waals surface area contributed by atoms with E-state index in [1.807, 2.05) is 30.3 Å². The summed E-state index contributed by atoms with van der Waals surface area (Å²) >= 11 is 0. The van der Waals surface area contributed by atoms with Crippen molar-refractivity contribution >= 4 is 27.3 Å². The van der Waals surface area contributed by atoms with Crippen LogP contribution in [0.4, 0.5) is 11.4 Å². The molecular formula is C27H26N4O3S. The number of hydrogen-bond donors (Lipinski definition) is 1. The molecule has 0 radical (unpaired) electrons. The van der Waals surface area contributed by atoms with Gasteiger partial charge in [0.15, 0.2) is 0 Å². The van der Waals surface area contributed by atoms with Gasteiger partial charge in [-0.25, -0.2) is 13.4 Å². The maximum absolute atomic E-state index is 13.0. The first-order chi connectivity index (χ1) is 16.9. The maximum atomic E-state index is 13.0. The Bertz CT molecular complexity index is 1440. The highest BCUT2D eigenvalue weighted by molar-refractivity contribution is 7.92. The Morgan fingerprint density at radius 3 is 2.49 bits per heavy atom. The highest BCUT2D eigenvalue weighted by Gasteiger charge is 2.21. The number of para-hydroxylation sites is 1. The fourth-order valence-corrected chi connectivity index (χ4v) is 5.42. The van der Waals surface area contributed by atoms with Gasteiger partial charge in [0.1, 0.15) is 5.82 Å². The normalized spacial score (nSPS) is 13.2. The molecular weight excluding hydrogens is 460 g/mol. The van der Waals surface area contributed by atoms with E-state index in [0.29, 0.717) is 16.9 Å². The number of hydrogen-bond acceptors (Lipinski definition) is 4. The van der Waals surface area contributed by atoms with Crippen LogP contribution in [0, 0.1) is 0 Å². The van der Waals surface area contributed by atoms with Crippen LogP contribution in [-0.2, 0) is 23.0 Å². The Kier molecular flexibility index (Phi) is 6.13. The molecule has 1 aliphatic heterocycles. The number of imidazole rings is 1. The number of benzene rings is 3. The predicted molar refractivity (Wildman–Crippen MR) is 137 cm³/mol. The number of carbonyl (C=O) groups is 1. The summed E-state index contributed by atoms with van der Waals surface area (Å²) in [6.07, 6.45) is 5.39. The van der Waals surface area contributed by atoms with E-state index in [2.05, 4.69) is 16.1 Å². The summed E-state index contributed by atoms with van der Waals surface area (Å²) in [4.78, 5) is 17.7. The summed E-state index contributed by atoms with van der Waals surface area (Å²) in [5.41, 5.74) is 3.42. The molecule has 5 rings (SSSR count). The van der Waals surface area contributed by atoms with Gasteiger partial charge in [0.25, 0.3) is 15.9 Å². The summed E-state index contributed by atoms with van der Waals surface area (Å²) in [5, 5.41) is 2.90. The molecule has 0 saturated carbocycles. The van der Waals surface area contributed by atoms with Gasteiger partial charge in [-0.2, -0.15) is 0 Å². The van der Waals surface area contributed by atoms with Gasteiger partial charge in [0.05, 0.1) is 16.3 Å². The first kappa shape index (κ1) is 22.9. The van der Waals surface area contributed by atoms with Crippen LogP contribution < -0.4 is 9.62 Å². The van der Waals surface area contributed by atoms with E-state index in [9.17, 15) is 13.2 Å². The molecule has 0 aliphatic carbocycles. The van der Waals surface area contributed by atoms with Crippen molar-refractivity contribution in [2.24, 2.45) is 0 Å². The molecule has 4 aromatic rings. The van der Waals surface area contributed by atoms with Crippen LogP contribution in [0.5, 0.6) is 0 Å². The lowest BCUT2D eigenvalue weighted by Crippen LogP contribution is -2.26. The summed E-state index contributed by atoms with van der Waals surface area (Å²) in [6.45, 7) is 0.992. The molecule has 0 fully saturated rings. The van der Waals surface area contributed by atoms with E-state index in [1.165, 1.54) is 42.0 Å². The number of aryl methyl sites for hydroxylation is 2. The first-order valence-electron chi connectivity index (χ1n) is 11.5. The standard InChI is InChI=1S/C27H26N4O3S/c1-30(23-10-3-2-4-11-23)35(33,34)24-15-13-20(14-16-24)27(32)28-22-9-7-8-21(18-22)25-19-31-17-6-5-12-26(31)29-25/h2-4,7-11,13-16,18-19H,5-6,12,17H2,1H3,(H,28,32). The van der Waals surface area contributed by atoms with Gasteiger partial charge in [0, 0.05) is 43.0 Å². The zero-order chi connectivity index (χ0) is 24.4. The predicted octanol–water partition coefficient (Wildman–Crippen LogP) is 4.96. The lowest BCUT2D eigenvalue weighted by molar-refractivity contribution is 0.102. The Balaban J connectivity index is 1.31. The number of nitrogens with one attached hydrogen (secondary N) is 1. The molecule has 0 bridgehead atoms. The van der Waals surface area contributed by atoms with Crippen LogP contribution in [-0.4, -0.2) is 30.9 Å². The van der Waals surface area contributed by atoms with Gasteiger partial charge in [0.2, 0.25) is 0 Å². The van der Waals surface area contributed by atoms with Crippen molar-refractivity contribution in [3.8, 4) is 11.3 Å². The van der Waals surface area contributed by atoms with Gasteiger partial charge in [-0.05, 0) is 61.4 Å². The zero-order valence-corrected chi connectivity index (χ0v) is 20.2. The molecule has 0 saturated heterocycles. The van der Waals surface area contributed by atoms with Crippen LogP contribution in [0.2, 0.25) is 0 Å². The van der Waals surface area contributed by atoms with Gasteiger partial charge >= 0.3 is 0 Å². The quantitative estimate of drug-likeness (QED) is 0.417. The average molecular weight is 487 g/mol. The molecule has 1 aromatic heterocycles. The largest absolute Gasteiger partial charge is 0.334 e. The first-order valence-corrected chi connectivity index (χ1v) is 13.0. The topological polar surface area (TPSA) is 84.3 Å². The van der Waals surface area contributed by atoms with E-state index in [4.69, 9.17) is 4.98 Å². The lowest BCUT2D eigenvalue weighted by atomic mass is 10.1. The highest BCUT2D eigenvalue weighted by Crippen LogP contribution is 2.26. The minimum Gasteiger partial charge on any atom is -0.334 e. The summed E-state index contributed by atoms with van der Waals surface area (Å²) < 4.78 is 29.4. The third kappa shape index (κ3) is 4.70. The summed E-state index contributed by atoms with van der Waals surface area (Å²) in [7, 11) is -2.23. The SMILES string of the molecule is CN(c1ccccc1)S(=O)(=O)c1ccc(C(=O)Nc2cccc(-c3cn4c(n3)CCCC4)c2)cc1. The molecule has 2 heterocycles. The van der Waals surface area contributed by atoms with E-state index in [0.717, 1.165) is 36.5 Å². The number of rotatable bonds is 6. The minimum absolute atomic E-state index is 0.117. The second-order valence-corrected chi connectivity index (χ2v) is 10.5. The molecule has 8 heteroatoms. The maximum Gasteiger partial charge on any atom is 0.264 e. The Morgan fingerprint density at radius 2 is 1.74 bits per heavy atom. The van der Waals surface area contributed by atoms with Gasteiger partial charge in [-0.1, -0.05) is 30.3 Å².